The van der Waals surface area contributed by atoms with Gasteiger partial charge in [0.05, 0.1) is 20.4 Å². The first-order valence-electron chi connectivity index (χ1n) is 16.6. The fourth-order valence-corrected chi connectivity index (χ4v) is 9.29. The molecule has 1 aliphatic rings. The number of phenols is 4. The summed E-state index contributed by atoms with van der Waals surface area (Å²) in [5.41, 5.74) is 0.609. The zero-order chi connectivity index (χ0) is 40.9. The molecule has 7 N–H and O–H groups in total. The van der Waals surface area contributed by atoms with E-state index in [1.807, 2.05) is 0 Å². The number of Topliss-reactive ketones (excluding diaryl/α,β-unsaturated/α-hetero) is 1. The molecule has 0 aliphatic heterocycles. The number of hydrogen-bond donors (Lipinski definition) is 7. The van der Waals surface area contributed by atoms with Crippen LogP contribution in [0.5, 0.6) is 23.0 Å². The third-order valence-electron chi connectivity index (χ3n) is 9.30. The van der Waals surface area contributed by atoms with Crippen molar-refractivity contribution in [1.82, 2.24) is 0 Å². The van der Waals surface area contributed by atoms with Crippen LogP contribution in [0, 0.1) is 6.92 Å². The topological polar surface area (TPSA) is 253 Å². The second-order valence-corrected chi connectivity index (χ2v) is 18.8. The Balaban J connectivity index is 1.58. The molecule has 0 atom stereocenters. The van der Waals surface area contributed by atoms with Crippen LogP contribution < -0.4 is 4.72 Å². The highest BCUT2D eigenvalue weighted by molar-refractivity contribution is 7.99. The number of anilines is 1. The normalized spacial score (nSPS) is 13.3. The molecule has 56 heavy (non-hydrogen) atoms. The fraction of sp³-hybridized carbons (Fsp3) is 0.184. The van der Waals surface area contributed by atoms with Gasteiger partial charge in [-0.3, -0.25) is 18.6 Å². The van der Waals surface area contributed by atoms with Gasteiger partial charge in [-0.1, -0.05) is 29.8 Å². The molecule has 0 spiro atoms. The van der Waals surface area contributed by atoms with Crippen molar-refractivity contribution in [2.24, 2.45) is 0 Å². The highest BCUT2D eigenvalue weighted by Crippen LogP contribution is 2.40. The quantitative estimate of drug-likeness (QED) is 0.0581. The SMILES string of the molecule is CSCC(=O)c1ccc(S(=O)(=O)Nc2cc3c(O)c(c2)Cc2cc(S(=O)(=O)O)cc(c2O)Cc2cc(C)cc(c2O)Cc2cc(S(=O)(=O)O)cc(c2O)C3)cc1. The molecular formula is C38H35NO13S4. The molecule has 5 aromatic rings. The maximum atomic E-state index is 13.6. The van der Waals surface area contributed by atoms with Gasteiger partial charge in [-0.15, -0.1) is 0 Å². The van der Waals surface area contributed by atoms with Crippen LogP contribution in [0.3, 0.4) is 0 Å². The molecular weight excluding hydrogens is 807 g/mol. The van der Waals surface area contributed by atoms with Gasteiger partial charge in [0, 0.05) is 70.3 Å². The summed E-state index contributed by atoms with van der Waals surface area (Å²) in [6, 6.07) is 14.7. The lowest BCUT2D eigenvalue weighted by Crippen LogP contribution is -2.14. The van der Waals surface area contributed by atoms with Crippen LogP contribution in [0.15, 0.2) is 87.5 Å². The summed E-state index contributed by atoms with van der Waals surface area (Å²) in [6.07, 6.45) is 0.250. The lowest BCUT2D eigenvalue weighted by atomic mass is 9.90. The number of carbonyl (C=O) groups is 1. The van der Waals surface area contributed by atoms with Crippen molar-refractivity contribution in [3.05, 3.63) is 128 Å². The van der Waals surface area contributed by atoms with E-state index in [0.717, 1.165) is 24.3 Å². The number of thioether (sulfide) groups is 1. The van der Waals surface area contributed by atoms with E-state index in [1.54, 1.807) is 25.3 Å². The molecule has 294 valence electrons. The van der Waals surface area contributed by atoms with E-state index in [9.17, 15) is 59.6 Å². The minimum Gasteiger partial charge on any atom is -0.507 e. The average Bonchev–Trinajstić information content (AvgIpc) is 3.10. The number of aromatic hydroxyl groups is 4. The second kappa shape index (κ2) is 15.1. The number of hydrogen-bond acceptors (Lipinski definition) is 12. The first kappa shape index (κ1) is 40.6. The van der Waals surface area contributed by atoms with Gasteiger partial charge < -0.3 is 20.4 Å². The molecule has 0 amide bonds. The summed E-state index contributed by atoms with van der Waals surface area (Å²) < 4.78 is 99.6. The zero-order valence-electron chi connectivity index (χ0n) is 29.6. The zero-order valence-corrected chi connectivity index (χ0v) is 32.9. The van der Waals surface area contributed by atoms with Crippen molar-refractivity contribution in [3.8, 4) is 23.0 Å². The lowest BCUT2D eigenvalue weighted by Gasteiger charge is -2.19. The molecule has 8 bridgehead atoms. The molecule has 6 rings (SSSR count). The Labute approximate surface area is 327 Å². The van der Waals surface area contributed by atoms with Crippen molar-refractivity contribution in [2.75, 3.05) is 16.7 Å². The van der Waals surface area contributed by atoms with E-state index in [0.29, 0.717) is 11.1 Å². The highest BCUT2D eigenvalue weighted by Gasteiger charge is 2.25. The van der Waals surface area contributed by atoms with E-state index in [-0.39, 0.29) is 85.2 Å². The van der Waals surface area contributed by atoms with Crippen LogP contribution >= 0.6 is 11.8 Å². The number of phenolic OH excluding ortho intramolecular Hbond substituents is 4. The van der Waals surface area contributed by atoms with Crippen molar-refractivity contribution in [1.29, 1.82) is 0 Å². The van der Waals surface area contributed by atoms with Gasteiger partial charge in [0.25, 0.3) is 30.3 Å². The molecule has 0 radical (unpaired) electrons. The van der Waals surface area contributed by atoms with Crippen LogP contribution in [-0.2, 0) is 55.9 Å². The molecule has 5 aromatic carbocycles. The smallest absolute Gasteiger partial charge is 0.294 e. The Morgan fingerprint density at radius 2 is 0.911 bits per heavy atom. The fourth-order valence-electron chi connectivity index (χ4n) is 6.65. The van der Waals surface area contributed by atoms with Crippen molar-refractivity contribution < 1.29 is 59.6 Å². The molecule has 0 heterocycles. The summed E-state index contributed by atoms with van der Waals surface area (Å²) >= 11 is 1.31. The summed E-state index contributed by atoms with van der Waals surface area (Å²) in [5, 5.41) is 46.1. The van der Waals surface area contributed by atoms with E-state index < -0.39 is 70.1 Å². The van der Waals surface area contributed by atoms with E-state index in [1.165, 1.54) is 48.2 Å². The molecule has 0 fully saturated rings. The monoisotopic (exact) mass is 841 g/mol. The largest absolute Gasteiger partial charge is 0.507 e. The summed E-state index contributed by atoms with van der Waals surface area (Å²) in [5.74, 6) is -1.74. The number of sulfonamides is 1. The van der Waals surface area contributed by atoms with E-state index in [4.69, 9.17) is 0 Å². The number of carbonyl (C=O) groups excluding carboxylic acids is 1. The minimum atomic E-state index is -4.87. The van der Waals surface area contributed by atoms with Gasteiger partial charge in [0.2, 0.25) is 0 Å². The summed E-state index contributed by atoms with van der Waals surface area (Å²) in [4.78, 5) is 10.9. The third-order valence-corrected chi connectivity index (χ3v) is 12.9. The lowest BCUT2D eigenvalue weighted by molar-refractivity contribution is 0.102. The predicted octanol–water partition coefficient (Wildman–Crippen LogP) is 5.33. The molecule has 14 nitrogen and oxygen atoms in total. The van der Waals surface area contributed by atoms with Crippen LogP contribution in [0.25, 0.3) is 0 Å². The Morgan fingerprint density at radius 3 is 1.25 bits per heavy atom. The van der Waals surface area contributed by atoms with Gasteiger partial charge in [0.1, 0.15) is 23.0 Å². The third kappa shape index (κ3) is 8.49. The van der Waals surface area contributed by atoms with Crippen LogP contribution in [0.2, 0.25) is 0 Å². The average molecular weight is 842 g/mol. The van der Waals surface area contributed by atoms with Crippen LogP contribution in [-0.4, -0.2) is 72.6 Å². The van der Waals surface area contributed by atoms with Crippen LogP contribution in [0.4, 0.5) is 5.69 Å². The first-order chi connectivity index (χ1) is 26.1. The standard InChI is InChI=1S/C38H35NO13S4/c1-20-7-22-9-26-15-32(55(47,48)49)17-28(37(26)43)11-24-13-30(39-54(45,46)31-5-3-21(4-6-31)34(40)19-53-2)14-25(36(24)42)12-29-18-33(56(50,51)52)16-27(38(29)44)10-23(8-20)35(22)41/h3-8,13-18,39,41-44H,9-12,19H2,1-2H3,(H,47,48,49)(H,50,51,52). The Hall–Kier alpha value is -5.11. The molecule has 0 aromatic heterocycles. The predicted molar refractivity (Wildman–Crippen MR) is 208 cm³/mol. The summed E-state index contributed by atoms with van der Waals surface area (Å²) in [6.45, 7) is 1.69. The minimum absolute atomic E-state index is 0.0522. The number of aryl methyl sites for hydroxylation is 1. The van der Waals surface area contributed by atoms with Crippen molar-refractivity contribution >= 4 is 53.5 Å². The molecule has 1 aliphatic carbocycles. The Kier molecular flexibility index (Phi) is 10.9. The van der Waals surface area contributed by atoms with E-state index in [2.05, 4.69) is 4.72 Å². The van der Waals surface area contributed by atoms with Gasteiger partial charge in [-0.25, -0.2) is 8.42 Å². The number of rotatable bonds is 8. The number of benzene rings is 5. The van der Waals surface area contributed by atoms with Gasteiger partial charge in [-0.05, 0) is 72.8 Å². The van der Waals surface area contributed by atoms with E-state index >= 15 is 0 Å². The molecule has 18 heteroatoms. The Morgan fingerprint density at radius 1 is 0.571 bits per heavy atom. The van der Waals surface area contributed by atoms with Gasteiger partial charge in [0.15, 0.2) is 5.78 Å². The number of ketones is 1. The molecule has 0 unspecified atom stereocenters. The van der Waals surface area contributed by atoms with Gasteiger partial charge >= 0.3 is 0 Å². The maximum Gasteiger partial charge on any atom is 0.294 e. The van der Waals surface area contributed by atoms with Crippen molar-refractivity contribution in [3.63, 3.8) is 0 Å². The van der Waals surface area contributed by atoms with Gasteiger partial charge in [-0.2, -0.15) is 28.6 Å². The van der Waals surface area contributed by atoms with Crippen LogP contribution in [0.1, 0.15) is 60.4 Å². The molecule has 0 saturated heterocycles. The first-order valence-corrected chi connectivity index (χ1v) is 22.4. The highest BCUT2D eigenvalue weighted by atomic mass is 32.2. The Bertz CT molecular complexity index is 2630. The maximum absolute atomic E-state index is 13.6. The second-order valence-electron chi connectivity index (χ2n) is 13.4. The molecule has 0 saturated carbocycles. The summed E-state index contributed by atoms with van der Waals surface area (Å²) in [7, 11) is -14.1. The number of nitrogens with one attached hydrogen (secondary N) is 1. The van der Waals surface area contributed by atoms with Crippen molar-refractivity contribution in [2.45, 2.75) is 47.3 Å². The number of fused-ring (bicyclic) bond motifs is 8.